The fourth-order valence-electron chi connectivity index (χ4n) is 3.29. The monoisotopic (exact) mass is 422 g/mol. The summed E-state index contributed by atoms with van der Waals surface area (Å²) in [5.74, 6) is -1.39. The van der Waals surface area contributed by atoms with Crippen LogP contribution in [0.15, 0.2) is 36.4 Å². The summed E-state index contributed by atoms with van der Waals surface area (Å²) in [5, 5.41) is 9.60. The SMILES string of the molecule is O=C(O)C(CC1CC1)c1ccc(-c2ccc3nsnc3c2)c(OCC(F)(F)F)c1. The Labute approximate surface area is 168 Å². The van der Waals surface area contributed by atoms with Crippen LogP contribution in [0.1, 0.15) is 30.7 Å². The van der Waals surface area contributed by atoms with Gasteiger partial charge in [-0.2, -0.15) is 21.9 Å². The number of carboxylic acids is 1. The Hall–Kier alpha value is -2.68. The van der Waals surface area contributed by atoms with Crippen LogP contribution < -0.4 is 4.74 Å². The van der Waals surface area contributed by atoms with Crippen molar-refractivity contribution in [2.24, 2.45) is 5.92 Å². The first-order chi connectivity index (χ1) is 13.8. The highest BCUT2D eigenvalue weighted by molar-refractivity contribution is 7.00. The third-order valence-electron chi connectivity index (χ3n) is 4.93. The Morgan fingerprint density at radius 3 is 2.62 bits per heavy atom. The molecule has 1 saturated carbocycles. The van der Waals surface area contributed by atoms with Crippen LogP contribution >= 0.6 is 11.7 Å². The zero-order chi connectivity index (χ0) is 20.6. The highest BCUT2D eigenvalue weighted by atomic mass is 32.1. The van der Waals surface area contributed by atoms with E-state index < -0.39 is 24.7 Å². The molecule has 0 bridgehead atoms. The van der Waals surface area contributed by atoms with E-state index in [4.69, 9.17) is 4.74 Å². The molecule has 0 aliphatic heterocycles. The number of carboxylic acid groups (broad SMARTS) is 1. The first-order valence-corrected chi connectivity index (χ1v) is 9.82. The van der Waals surface area contributed by atoms with Gasteiger partial charge in [0.05, 0.1) is 17.6 Å². The Balaban J connectivity index is 1.73. The average molecular weight is 422 g/mol. The zero-order valence-electron chi connectivity index (χ0n) is 15.1. The van der Waals surface area contributed by atoms with Gasteiger partial charge >= 0.3 is 12.1 Å². The molecule has 1 aliphatic carbocycles. The molecule has 2 aromatic carbocycles. The third-order valence-corrected chi connectivity index (χ3v) is 5.48. The van der Waals surface area contributed by atoms with Crippen molar-refractivity contribution in [2.45, 2.75) is 31.4 Å². The molecular weight excluding hydrogens is 405 g/mol. The van der Waals surface area contributed by atoms with Crippen molar-refractivity contribution in [3.05, 3.63) is 42.0 Å². The smallest absolute Gasteiger partial charge is 0.422 e. The molecule has 1 aliphatic rings. The van der Waals surface area contributed by atoms with Crippen molar-refractivity contribution < 1.29 is 27.8 Å². The molecule has 1 fully saturated rings. The minimum absolute atomic E-state index is 0.00408. The highest BCUT2D eigenvalue weighted by Crippen LogP contribution is 2.41. The van der Waals surface area contributed by atoms with E-state index >= 15 is 0 Å². The average Bonchev–Trinajstić information content (AvgIpc) is 3.37. The predicted octanol–water partition coefficient (Wildman–Crippen LogP) is 5.27. The minimum atomic E-state index is -4.50. The number of alkyl halides is 3. The summed E-state index contributed by atoms with van der Waals surface area (Å²) < 4.78 is 51.7. The van der Waals surface area contributed by atoms with E-state index in [2.05, 4.69) is 8.75 Å². The van der Waals surface area contributed by atoms with E-state index in [-0.39, 0.29) is 5.75 Å². The topological polar surface area (TPSA) is 72.3 Å². The van der Waals surface area contributed by atoms with Gasteiger partial charge < -0.3 is 9.84 Å². The van der Waals surface area contributed by atoms with Crippen LogP contribution in [-0.4, -0.2) is 32.6 Å². The van der Waals surface area contributed by atoms with E-state index in [1.54, 1.807) is 30.3 Å². The maximum absolute atomic E-state index is 12.8. The van der Waals surface area contributed by atoms with Crippen molar-refractivity contribution in [1.29, 1.82) is 0 Å². The van der Waals surface area contributed by atoms with Gasteiger partial charge in [-0.1, -0.05) is 31.0 Å². The second-order valence-electron chi connectivity index (χ2n) is 7.20. The second kappa shape index (κ2) is 7.62. The van der Waals surface area contributed by atoms with E-state index in [9.17, 15) is 23.1 Å². The molecule has 9 heteroatoms. The lowest BCUT2D eigenvalue weighted by Crippen LogP contribution is -2.20. The lowest BCUT2D eigenvalue weighted by Gasteiger charge is -2.18. The molecule has 0 radical (unpaired) electrons. The summed E-state index contributed by atoms with van der Waals surface area (Å²) in [6.45, 7) is -1.45. The van der Waals surface area contributed by atoms with Gasteiger partial charge in [-0.05, 0) is 41.7 Å². The van der Waals surface area contributed by atoms with Gasteiger partial charge in [0, 0.05) is 5.56 Å². The molecule has 0 spiro atoms. The molecule has 1 N–H and O–H groups in total. The fraction of sp³-hybridized carbons (Fsp3) is 0.350. The lowest BCUT2D eigenvalue weighted by molar-refractivity contribution is -0.153. The van der Waals surface area contributed by atoms with Gasteiger partial charge in [0.2, 0.25) is 0 Å². The molecule has 29 heavy (non-hydrogen) atoms. The van der Waals surface area contributed by atoms with Crippen molar-refractivity contribution in [3.63, 3.8) is 0 Å². The number of hydrogen-bond acceptors (Lipinski definition) is 5. The van der Waals surface area contributed by atoms with Crippen LogP contribution in [0.3, 0.4) is 0 Å². The van der Waals surface area contributed by atoms with Crippen LogP contribution in [0.5, 0.6) is 5.75 Å². The Morgan fingerprint density at radius 2 is 1.93 bits per heavy atom. The van der Waals surface area contributed by atoms with Gasteiger partial charge in [-0.3, -0.25) is 4.79 Å². The molecular formula is C20H17F3N2O3S. The van der Waals surface area contributed by atoms with Crippen molar-refractivity contribution in [3.8, 4) is 16.9 Å². The molecule has 1 heterocycles. The largest absolute Gasteiger partial charge is 0.483 e. The summed E-state index contributed by atoms with van der Waals surface area (Å²) in [4.78, 5) is 11.7. The number of nitrogens with zero attached hydrogens (tertiary/aromatic N) is 2. The molecule has 4 rings (SSSR count). The zero-order valence-corrected chi connectivity index (χ0v) is 16.0. The first-order valence-electron chi connectivity index (χ1n) is 9.09. The molecule has 1 aromatic heterocycles. The van der Waals surface area contributed by atoms with Crippen LogP contribution in [-0.2, 0) is 4.79 Å². The van der Waals surface area contributed by atoms with E-state index in [1.807, 2.05) is 0 Å². The van der Waals surface area contributed by atoms with E-state index in [0.29, 0.717) is 40.1 Å². The molecule has 0 amide bonds. The standard InChI is InChI=1S/C20H17F3N2O3S/c21-20(22,23)10-28-18-9-13(15(19(26)27)7-11-1-2-11)3-5-14(18)12-4-6-16-17(8-12)25-29-24-16/h3-6,8-9,11,15H,1-2,7,10H2,(H,26,27). The molecule has 0 saturated heterocycles. The Kier molecular flexibility index (Phi) is 5.16. The van der Waals surface area contributed by atoms with Crippen LogP contribution in [0.4, 0.5) is 13.2 Å². The van der Waals surface area contributed by atoms with Crippen LogP contribution in [0, 0.1) is 5.92 Å². The number of benzene rings is 2. The van der Waals surface area contributed by atoms with Crippen molar-refractivity contribution >= 4 is 28.7 Å². The highest BCUT2D eigenvalue weighted by Gasteiger charge is 2.32. The maximum atomic E-state index is 12.8. The van der Waals surface area contributed by atoms with Gasteiger partial charge in [-0.25, -0.2) is 0 Å². The minimum Gasteiger partial charge on any atom is -0.483 e. The quantitative estimate of drug-likeness (QED) is 0.562. The number of hydrogen-bond donors (Lipinski definition) is 1. The summed E-state index contributed by atoms with van der Waals surface area (Å²) >= 11 is 1.05. The number of aliphatic carboxylic acids is 1. The number of rotatable bonds is 7. The molecule has 152 valence electrons. The van der Waals surface area contributed by atoms with Gasteiger partial charge in [0.25, 0.3) is 0 Å². The number of carbonyl (C=O) groups is 1. The summed E-state index contributed by atoms with van der Waals surface area (Å²) in [6.07, 6.45) is -2.05. The number of halogens is 3. The molecule has 3 aromatic rings. The van der Waals surface area contributed by atoms with Crippen LogP contribution in [0.2, 0.25) is 0 Å². The van der Waals surface area contributed by atoms with Crippen molar-refractivity contribution in [1.82, 2.24) is 8.75 Å². The summed E-state index contributed by atoms with van der Waals surface area (Å²) in [7, 11) is 0. The normalized spacial score (nSPS) is 15.4. The van der Waals surface area contributed by atoms with E-state index in [1.165, 1.54) is 6.07 Å². The maximum Gasteiger partial charge on any atom is 0.422 e. The predicted molar refractivity (Wildman–Crippen MR) is 102 cm³/mol. The molecule has 1 atom stereocenters. The summed E-state index contributed by atoms with van der Waals surface area (Å²) in [5.41, 5.74) is 2.85. The second-order valence-corrected chi connectivity index (χ2v) is 7.73. The third kappa shape index (κ3) is 4.67. The number of ether oxygens (including phenoxy) is 1. The lowest BCUT2D eigenvalue weighted by atomic mass is 9.91. The van der Waals surface area contributed by atoms with E-state index in [0.717, 1.165) is 24.6 Å². The van der Waals surface area contributed by atoms with Gasteiger partial charge in [0.15, 0.2) is 6.61 Å². The first kappa shape index (κ1) is 19.6. The molecule has 5 nitrogen and oxygen atoms in total. The van der Waals surface area contributed by atoms with Crippen molar-refractivity contribution in [2.75, 3.05) is 6.61 Å². The Morgan fingerprint density at radius 1 is 1.17 bits per heavy atom. The van der Waals surface area contributed by atoms with Gasteiger partial charge in [0.1, 0.15) is 16.8 Å². The summed E-state index contributed by atoms with van der Waals surface area (Å²) in [6, 6.07) is 9.89. The van der Waals surface area contributed by atoms with Gasteiger partial charge in [-0.15, -0.1) is 0 Å². The van der Waals surface area contributed by atoms with Crippen LogP contribution in [0.25, 0.3) is 22.2 Å². The number of fused-ring (bicyclic) bond motifs is 1. The Bertz CT molecular complexity index is 1050. The molecule has 1 unspecified atom stereocenters. The fourth-order valence-corrected chi connectivity index (χ4v) is 3.81. The number of aromatic nitrogens is 2.